The minimum Gasteiger partial charge on any atom is 0 e. The Kier molecular flexibility index (Phi) is 5.10. The first-order valence-electron chi connectivity index (χ1n) is 0.783. The van der Waals surface area contributed by atoms with E-state index >= 15 is 0 Å². The molecule has 0 aliphatic carbocycles. The molecule has 4 nitrogen and oxygen atoms in total. The van der Waals surface area contributed by atoms with Crippen molar-refractivity contribution in [3.63, 3.8) is 0 Å². The number of rotatable bonds is 0. The van der Waals surface area contributed by atoms with Crippen molar-refractivity contribution in [3.05, 3.63) is 0 Å². The molecule has 43 valence electrons. The molecule has 0 unspecified atom stereocenters. The van der Waals surface area contributed by atoms with E-state index in [4.69, 9.17) is 16.0 Å². The van der Waals surface area contributed by atoms with Gasteiger partial charge in [0.25, 0.3) is 0 Å². The van der Waals surface area contributed by atoms with E-state index < -0.39 is 14.5 Å². The quantitative estimate of drug-likeness (QED) is 0.439. The van der Waals surface area contributed by atoms with Gasteiger partial charge >= 0.3 is 30.5 Å². The van der Waals surface area contributed by atoms with Crippen LogP contribution in [0.5, 0.6) is 0 Å². The van der Waals surface area contributed by atoms with Gasteiger partial charge in [-0.2, -0.15) is 0 Å². The van der Waals surface area contributed by atoms with Gasteiger partial charge in [0.15, 0.2) is 0 Å². The Morgan fingerprint density at radius 2 is 1.17 bits per heavy atom. The summed E-state index contributed by atoms with van der Waals surface area (Å²) in [4.78, 5) is 0. The Balaban J connectivity index is 0. The third-order valence-electron chi connectivity index (χ3n) is 0. The van der Waals surface area contributed by atoms with Crippen LogP contribution in [-0.2, 0) is 26.1 Å². The molecule has 0 atom stereocenters. The molecule has 0 aromatic heterocycles. The fourth-order valence-electron chi connectivity index (χ4n) is 0. The Morgan fingerprint density at radius 3 is 1.17 bits per heavy atom. The molecular weight excluding hydrogens is 336 g/mol. The van der Waals surface area contributed by atoms with Gasteiger partial charge in [0.1, 0.15) is 0 Å². The van der Waals surface area contributed by atoms with Crippen molar-refractivity contribution in [2.24, 2.45) is 0 Å². The molecule has 6 heteroatoms. The van der Waals surface area contributed by atoms with Gasteiger partial charge in [-0.3, -0.25) is 0 Å². The summed E-state index contributed by atoms with van der Waals surface area (Å²) >= 11 is -5.12. The van der Waals surface area contributed by atoms with Crippen molar-refractivity contribution in [3.8, 4) is 0 Å². The molecule has 0 spiro atoms. The van der Waals surface area contributed by atoms with E-state index in [1.165, 1.54) is 0 Å². The van der Waals surface area contributed by atoms with E-state index in [2.05, 4.69) is 0 Å². The minimum absolute atomic E-state index is 0. The first-order valence-corrected chi connectivity index (χ1v) is 4.07. The SMILES string of the molecule is O=[As](O)(O)O.[Au]. The predicted octanol–water partition coefficient (Wildman–Crippen LogP) is -2.17. The van der Waals surface area contributed by atoms with Crippen molar-refractivity contribution in [2.45, 2.75) is 0 Å². The van der Waals surface area contributed by atoms with Crippen molar-refractivity contribution in [1.82, 2.24) is 0 Å². The van der Waals surface area contributed by atoms with Gasteiger partial charge in [0, 0.05) is 22.4 Å². The van der Waals surface area contributed by atoms with E-state index in [0.717, 1.165) is 0 Å². The summed E-state index contributed by atoms with van der Waals surface area (Å²) in [7, 11) is 0. The predicted molar refractivity (Wildman–Crippen MR) is 13.1 cm³/mol. The molecule has 0 heterocycles. The van der Waals surface area contributed by atoms with Gasteiger partial charge in [-0.25, -0.2) is 0 Å². The van der Waals surface area contributed by atoms with Crippen LogP contribution in [0.25, 0.3) is 0 Å². The maximum Gasteiger partial charge on any atom is 0 e. The molecule has 6 heavy (non-hydrogen) atoms. The van der Waals surface area contributed by atoms with Crippen molar-refractivity contribution in [1.29, 1.82) is 0 Å². The second kappa shape index (κ2) is 3.04. The molecule has 0 saturated heterocycles. The molecule has 0 amide bonds. The summed E-state index contributed by atoms with van der Waals surface area (Å²) in [6.07, 6.45) is 0. The second-order valence-corrected chi connectivity index (χ2v) is 2.67. The third kappa shape index (κ3) is 82.3. The van der Waals surface area contributed by atoms with Crippen LogP contribution in [0.3, 0.4) is 0 Å². The first-order chi connectivity index (χ1) is 2.00. The van der Waals surface area contributed by atoms with Crippen LogP contribution in [-0.4, -0.2) is 26.8 Å². The standard InChI is InChI=1S/AsH3O4.Au/c2-1(3,4)5;/h(H3,2,3,4,5);. The van der Waals surface area contributed by atoms with Gasteiger partial charge in [-0.1, -0.05) is 0 Å². The third-order valence-corrected chi connectivity index (χ3v) is 0. The molecule has 3 N–H and O–H groups in total. The Hall–Kier alpha value is 0.979. The number of hydrogen-bond donors (Lipinski definition) is 3. The summed E-state index contributed by atoms with van der Waals surface area (Å²) in [5, 5.41) is 0. The fourth-order valence-corrected chi connectivity index (χ4v) is 0. The fraction of sp³-hybridized carbons (Fsp3) is 0. The molecule has 0 aliphatic rings. The second-order valence-electron chi connectivity index (χ2n) is 0.513. The van der Waals surface area contributed by atoms with Crippen LogP contribution >= 0.6 is 0 Å². The van der Waals surface area contributed by atoms with Gasteiger partial charge in [-0.05, 0) is 0 Å². The largest absolute Gasteiger partial charge is 0 e. The van der Waals surface area contributed by atoms with Gasteiger partial charge in [-0.15, -0.1) is 0 Å². The van der Waals surface area contributed by atoms with Crippen LogP contribution in [0.2, 0.25) is 0 Å². The van der Waals surface area contributed by atoms with Crippen LogP contribution in [0.4, 0.5) is 0 Å². The van der Waals surface area contributed by atoms with Crippen molar-refractivity contribution in [2.75, 3.05) is 0 Å². The molecular formula is H3AsAuO4. The Bertz CT molecular complexity index is 53.7. The zero-order chi connectivity index (χ0) is 4.50. The zero-order valence-electron chi connectivity index (χ0n) is 2.50. The summed E-state index contributed by atoms with van der Waals surface area (Å²) < 4.78 is 30.7. The molecule has 1 radical (unpaired) electrons. The maximum atomic E-state index is 8.94. The molecule has 0 rings (SSSR count). The zero-order valence-corrected chi connectivity index (χ0v) is 6.54. The average Bonchev–Trinajstić information content (AvgIpc) is 0.722. The molecule has 0 fully saturated rings. The Morgan fingerprint density at radius 1 is 1.17 bits per heavy atom. The topological polar surface area (TPSA) is 77.8 Å². The van der Waals surface area contributed by atoms with E-state index in [0.29, 0.717) is 0 Å². The van der Waals surface area contributed by atoms with Crippen molar-refractivity contribution >= 4 is 14.5 Å². The molecule has 0 aliphatic heterocycles. The van der Waals surface area contributed by atoms with E-state index in [1.54, 1.807) is 0 Å². The van der Waals surface area contributed by atoms with Crippen LogP contribution < -0.4 is 0 Å². The molecule has 0 aromatic rings. The van der Waals surface area contributed by atoms with Crippen molar-refractivity contribution < 1.29 is 38.4 Å². The molecule has 0 aromatic carbocycles. The molecule has 0 bridgehead atoms. The van der Waals surface area contributed by atoms with Crippen LogP contribution in [0.1, 0.15) is 0 Å². The average molecular weight is 339 g/mol. The minimum atomic E-state index is -5.12. The normalized spacial score (nSPS) is 9.83. The summed E-state index contributed by atoms with van der Waals surface area (Å²) in [5.74, 6) is 0. The maximum absolute atomic E-state index is 8.94. The number of hydrogen-bond acceptors (Lipinski definition) is 1. The van der Waals surface area contributed by atoms with Crippen LogP contribution in [0, 0.1) is 0 Å². The monoisotopic (exact) mass is 339 g/mol. The Labute approximate surface area is 53.0 Å². The van der Waals surface area contributed by atoms with Gasteiger partial charge in [0.05, 0.1) is 0 Å². The van der Waals surface area contributed by atoms with Gasteiger partial charge in [0.2, 0.25) is 0 Å². The molecule has 0 saturated carbocycles. The van der Waals surface area contributed by atoms with E-state index in [-0.39, 0.29) is 22.4 Å². The smallest absolute Gasteiger partial charge is 0 e. The van der Waals surface area contributed by atoms with Gasteiger partial charge < -0.3 is 0 Å². The summed E-state index contributed by atoms with van der Waals surface area (Å²) in [5.41, 5.74) is 0. The van der Waals surface area contributed by atoms with Crippen LogP contribution in [0.15, 0.2) is 0 Å². The summed E-state index contributed by atoms with van der Waals surface area (Å²) in [6, 6.07) is 0. The first kappa shape index (κ1) is 10.1. The van der Waals surface area contributed by atoms with E-state index in [9.17, 15) is 0 Å². The van der Waals surface area contributed by atoms with E-state index in [1.807, 2.05) is 0 Å². The summed E-state index contributed by atoms with van der Waals surface area (Å²) in [6.45, 7) is 0.